The van der Waals surface area contributed by atoms with Crippen molar-refractivity contribution in [2.75, 3.05) is 12.4 Å². The number of nitrogens with zero attached hydrogens (tertiary/aromatic N) is 1. The molecule has 2 amide bonds. The molecule has 0 unspecified atom stereocenters. The predicted octanol–water partition coefficient (Wildman–Crippen LogP) is 4.86. The Balaban J connectivity index is 1.71. The maximum atomic E-state index is 13.0. The highest BCUT2D eigenvalue weighted by molar-refractivity contribution is 6.43. The van der Waals surface area contributed by atoms with E-state index in [9.17, 15) is 19.1 Å². The standard InChI is InChI=1S/C22H16Cl2FN3O4/c1-32-18-10-17(23)19(24)16(20(18)29)11-26-28-22(31)13-3-2-4-15(9-13)27-21(30)12-5-7-14(25)8-6-12/h2-11,29H,1H3,(H,27,30)(H,28,31)/b26-11-. The van der Waals surface area contributed by atoms with Crippen LogP contribution in [0, 0.1) is 5.82 Å². The number of phenols is 1. The summed E-state index contributed by atoms with van der Waals surface area (Å²) in [5.74, 6) is -1.68. The van der Waals surface area contributed by atoms with Gasteiger partial charge in [0.2, 0.25) is 0 Å². The first-order valence-electron chi connectivity index (χ1n) is 9.05. The van der Waals surface area contributed by atoms with Gasteiger partial charge in [-0.1, -0.05) is 29.3 Å². The van der Waals surface area contributed by atoms with Crippen molar-refractivity contribution in [2.24, 2.45) is 5.10 Å². The van der Waals surface area contributed by atoms with Crippen molar-refractivity contribution in [1.29, 1.82) is 0 Å². The highest BCUT2D eigenvalue weighted by atomic mass is 35.5. The van der Waals surface area contributed by atoms with E-state index in [2.05, 4.69) is 15.8 Å². The number of hydrogen-bond acceptors (Lipinski definition) is 5. The number of halogens is 3. The molecule has 0 heterocycles. The maximum absolute atomic E-state index is 13.0. The summed E-state index contributed by atoms with van der Waals surface area (Å²) in [7, 11) is 1.35. The average Bonchev–Trinajstić information content (AvgIpc) is 2.79. The number of amides is 2. The third kappa shape index (κ3) is 5.35. The number of ether oxygens (including phenoxy) is 1. The molecule has 0 atom stereocenters. The molecule has 0 radical (unpaired) electrons. The van der Waals surface area contributed by atoms with Gasteiger partial charge in [-0.25, -0.2) is 9.82 Å². The predicted molar refractivity (Wildman–Crippen MR) is 121 cm³/mol. The van der Waals surface area contributed by atoms with Gasteiger partial charge in [0.25, 0.3) is 11.8 Å². The summed E-state index contributed by atoms with van der Waals surface area (Å²) in [6.45, 7) is 0. The molecule has 7 nitrogen and oxygen atoms in total. The second-order valence-corrected chi connectivity index (χ2v) is 7.16. The lowest BCUT2D eigenvalue weighted by atomic mass is 10.1. The number of anilines is 1. The largest absolute Gasteiger partial charge is 0.504 e. The van der Waals surface area contributed by atoms with E-state index in [1.165, 1.54) is 49.6 Å². The summed E-state index contributed by atoms with van der Waals surface area (Å²) < 4.78 is 18.0. The molecule has 32 heavy (non-hydrogen) atoms. The maximum Gasteiger partial charge on any atom is 0.271 e. The molecule has 0 aromatic heterocycles. The van der Waals surface area contributed by atoms with Crippen molar-refractivity contribution < 1.29 is 23.8 Å². The van der Waals surface area contributed by atoms with Crippen LogP contribution in [0.3, 0.4) is 0 Å². The Labute approximate surface area is 192 Å². The smallest absolute Gasteiger partial charge is 0.271 e. The average molecular weight is 476 g/mol. The van der Waals surface area contributed by atoms with Gasteiger partial charge >= 0.3 is 0 Å². The van der Waals surface area contributed by atoms with Crippen molar-refractivity contribution in [3.05, 3.63) is 87.2 Å². The van der Waals surface area contributed by atoms with E-state index in [-0.39, 0.29) is 38.2 Å². The minimum atomic E-state index is -0.580. The molecule has 0 saturated heterocycles. The number of methoxy groups -OCH3 is 1. The normalized spacial score (nSPS) is 10.8. The van der Waals surface area contributed by atoms with Gasteiger partial charge in [0.1, 0.15) is 5.82 Å². The third-order valence-electron chi connectivity index (χ3n) is 4.26. The van der Waals surface area contributed by atoms with Crippen molar-refractivity contribution >= 4 is 46.9 Å². The van der Waals surface area contributed by atoms with Gasteiger partial charge in [-0.2, -0.15) is 5.10 Å². The molecule has 0 bridgehead atoms. The molecule has 3 rings (SSSR count). The molecule has 0 aliphatic heterocycles. The van der Waals surface area contributed by atoms with Crippen LogP contribution in [0.1, 0.15) is 26.3 Å². The molecule has 3 N–H and O–H groups in total. The van der Waals surface area contributed by atoms with Crippen LogP contribution < -0.4 is 15.5 Å². The quantitative estimate of drug-likeness (QED) is 0.350. The van der Waals surface area contributed by atoms with E-state index in [1.807, 2.05) is 0 Å². The SMILES string of the molecule is COc1cc(Cl)c(Cl)c(/C=N\NC(=O)c2cccc(NC(=O)c3ccc(F)cc3)c2)c1O. The molecule has 0 aliphatic rings. The van der Waals surface area contributed by atoms with Gasteiger partial charge in [0.05, 0.1) is 28.9 Å². The second-order valence-electron chi connectivity index (χ2n) is 6.38. The number of benzene rings is 3. The van der Waals surface area contributed by atoms with Crippen molar-refractivity contribution in [1.82, 2.24) is 5.43 Å². The number of rotatable bonds is 6. The van der Waals surface area contributed by atoms with Gasteiger partial charge in [0.15, 0.2) is 11.5 Å². The Kier molecular flexibility index (Phi) is 7.29. The van der Waals surface area contributed by atoms with Crippen LogP contribution >= 0.6 is 23.2 Å². The second kappa shape index (κ2) is 10.1. The fourth-order valence-corrected chi connectivity index (χ4v) is 3.04. The molecule has 164 valence electrons. The van der Waals surface area contributed by atoms with Crippen LogP contribution in [0.15, 0.2) is 59.7 Å². The molecule has 0 fully saturated rings. The van der Waals surface area contributed by atoms with Crippen LogP contribution in [0.4, 0.5) is 10.1 Å². The van der Waals surface area contributed by atoms with Crippen molar-refractivity contribution in [3.63, 3.8) is 0 Å². The van der Waals surface area contributed by atoms with Crippen LogP contribution in [-0.2, 0) is 0 Å². The summed E-state index contributed by atoms with van der Waals surface area (Å²) in [6, 6.07) is 12.5. The summed E-state index contributed by atoms with van der Waals surface area (Å²) >= 11 is 12.1. The number of hydrazone groups is 1. The van der Waals surface area contributed by atoms with E-state index in [1.54, 1.807) is 12.1 Å². The van der Waals surface area contributed by atoms with Gasteiger partial charge in [-0.3, -0.25) is 9.59 Å². The Morgan fingerprint density at radius 1 is 1.06 bits per heavy atom. The zero-order chi connectivity index (χ0) is 23.3. The van der Waals surface area contributed by atoms with Crippen LogP contribution in [0.25, 0.3) is 0 Å². The Hall–Kier alpha value is -3.62. The topological polar surface area (TPSA) is 100 Å². The number of phenolic OH excluding ortho intramolecular Hbond substituents is 1. The van der Waals surface area contributed by atoms with Crippen LogP contribution in [-0.4, -0.2) is 30.2 Å². The molecule has 0 spiro atoms. The Bertz CT molecular complexity index is 1200. The lowest BCUT2D eigenvalue weighted by Crippen LogP contribution is -2.18. The highest BCUT2D eigenvalue weighted by Gasteiger charge is 2.15. The fourth-order valence-electron chi connectivity index (χ4n) is 2.65. The number of carbonyl (C=O) groups excluding carboxylic acids is 2. The zero-order valence-electron chi connectivity index (χ0n) is 16.5. The highest BCUT2D eigenvalue weighted by Crippen LogP contribution is 2.39. The lowest BCUT2D eigenvalue weighted by Gasteiger charge is -2.09. The van der Waals surface area contributed by atoms with E-state index in [4.69, 9.17) is 27.9 Å². The van der Waals surface area contributed by atoms with Crippen molar-refractivity contribution in [3.8, 4) is 11.5 Å². The van der Waals surface area contributed by atoms with Gasteiger partial charge in [-0.05, 0) is 42.5 Å². The third-order valence-corrected chi connectivity index (χ3v) is 5.06. The fraction of sp³-hybridized carbons (Fsp3) is 0.0455. The van der Waals surface area contributed by atoms with Crippen LogP contribution in [0.2, 0.25) is 10.0 Å². The molecule has 3 aromatic carbocycles. The van der Waals surface area contributed by atoms with Crippen molar-refractivity contribution in [2.45, 2.75) is 0 Å². The number of aromatic hydroxyl groups is 1. The minimum absolute atomic E-state index is 0.0356. The van der Waals surface area contributed by atoms with Crippen LogP contribution in [0.5, 0.6) is 11.5 Å². The summed E-state index contributed by atoms with van der Waals surface area (Å²) in [5, 5.41) is 16.8. The van der Waals surface area contributed by atoms with E-state index in [0.29, 0.717) is 5.69 Å². The van der Waals surface area contributed by atoms with Gasteiger partial charge in [0, 0.05) is 22.9 Å². The Morgan fingerprint density at radius 3 is 2.47 bits per heavy atom. The number of hydrogen-bond donors (Lipinski definition) is 3. The van der Waals surface area contributed by atoms with Gasteiger partial charge < -0.3 is 15.2 Å². The first-order valence-corrected chi connectivity index (χ1v) is 9.81. The summed E-state index contributed by atoms with van der Waals surface area (Å²) in [6.07, 6.45) is 1.13. The molecular weight excluding hydrogens is 460 g/mol. The summed E-state index contributed by atoms with van der Waals surface area (Å²) in [5.41, 5.74) is 3.19. The molecule has 0 aliphatic carbocycles. The van der Waals surface area contributed by atoms with E-state index >= 15 is 0 Å². The lowest BCUT2D eigenvalue weighted by molar-refractivity contribution is 0.0953. The minimum Gasteiger partial charge on any atom is -0.504 e. The first-order chi connectivity index (χ1) is 15.3. The number of nitrogens with one attached hydrogen (secondary N) is 2. The van der Waals surface area contributed by atoms with E-state index < -0.39 is 17.6 Å². The molecule has 10 heteroatoms. The van der Waals surface area contributed by atoms with E-state index in [0.717, 1.165) is 6.21 Å². The number of carbonyl (C=O) groups is 2. The molecule has 0 saturated carbocycles. The first kappa shape index (κ1) is 23.1. The monoisotopic (exact) mass is 475 g/mol. The zero-order valence-corrected chi connectivity index (χ0v) is 18.0. The van der Waals surface area contributed by atoms with Gasteiger partial charge in [-0.15, -0.1) is 0 Å². The Morgan fingerprint density at radius 2 is 1.78 bits per heavy atom. The molecular formula is C22H16Cl2FN3O4. The summed E-state index contributed by atoms with van der Waals surface area (Å²) in [4.78, 5) is 24.7. The molecule has 3 aromatic rings.